The van der Waals surface area contributed by atoms with Crippen LogP contribution >= 0.6 is 11.6 Å². The number of hydrogen-bond donors (Lipinski definition) is 2. The summed E-state index contributed by atoms with van der Waals surface area (Å²) in [5, 5.41) is 6.44. The first-order valence-corrected chi connectivity index (χ1v) is 7.05. The topological polar surface area (TPSA) is 49.8 Å². The Morgan fingerprint density at radius 2 is 1.65 bits per heavy atom. The van der Waals surface area contributed by atoms with Crippen LogP contribution in [-0.4, -0.2) is 9.97 Å². The molecule has 0 unspecified atom stereocenters. The molecule has 0 saturated carbocycles. The summed E-state index contributed by atoms with van der Waals surface area (Å²) in [6.07, 6.45) is 1.33. The van der Waals surface area contributed by atoms with Crippen LogP contribution < -0.4 is 10.6 Å². The van der Waals surface area contributed by atoms with Crippen molar-refractivity contribution in [1.82, 2.24) is 9.97 Å². The number of rotatable bonds is 4. The third-order valence-electron chi connectivity index (χ3n) is 2.96. The van der Waals surface area contributed by atoms with Gasteiger partial charge in [0.25, 0.3) is 0 Å². The van der Waals surface area contributed by atoms with Crippen molar-refractivity contribution in [1.29, 1.82) is 0 Å². The largest absolute Gasteiger partial charge is 0.340 e. The molecule has 1 heterocycles. The average molecular weight is 333 g/mol. The summed E-state index contributed by atoms with van der Waals surface area (Å²) in [6.45, 7) is 0. The Labute approximate surface area is 136 Å². The van der Waals surface area contributed by atoms with Crippen molar-refractivity contribution in [2.75, 3.05) is 10.6 Å². The quantitative estimate of drug-likeness (QED) is 0.713. The van der Waals surface area contributed by atoms with Crippen LogP contribution in [0.5, 0.6) is 0 Å². The minimum atomic E-state index is -0.701. The molecule has 0 fully saturated rings. The molecule has 0 aliphatic rings. The van der Waals surface area contributed by atoms with Gasteiger partial charge in [-0.3, -0.25) is 0 Å². The Hall–Kier alpha value is -2.73. The zero-order chi connectivity index (χ0) is 16.2. The molecular weight excluding hydrogens is 322 g/mol. The molecule has 7 heteroatoms. The molecule has 116 valence electrons. The van der Waals surface area contributed by atoms with Crippen LogP contribution in [-0.2, 0) is 0 Å². The van der Waals surface area contributed by atoms with Crippen molar-refractivity contribution in [2.45, 2.75) is 0 Å². The lowest BCUT2D eigenvalue weighted by molar-refractivity contribution is 0.586. The SMILES string of the molecule is Fc1ccc(Nc2cc(Nc3cccc(Cl)c3)ncn2)c(F)c1. The van der Waals surface area contributed by atoms with E-state index in [0.717, 1.165) is 17.8 Å². The number of aromatic nitrogens is 2. The number of nitrogens with zero attached hydrogens (tertiary/aromatic N) is 2. The van der Waals surface area contributed by atoms with E-state index in [1.165, 1.54) is 12.4 Å². The maximum Gasteiger partial charge on any atom is 0.149 e. The predicted octanol–water partition coefficient (Wildman–Crippen LogP) is 4.90. The number of hydrogen-bond acceptors (Lipinski definition) is 4. The Morgan fingerprint density at radius 3 is 2.39 bits per heavy atom. The van der Waals surface area contributed by atoms with Gasteiger partial charge in [-0.05, 0) is 30.3 Å². The Kier molecular flexibility index (Phi) is 4.34. The maximum atomic E-state index is 13.7. The van der Waals surface area contributed by atoms with Gasteiger partial charge in [0.15, 0.2) is 0 Å². The zero-order valence-corrected chi connectivity index (χ0v) is 12.5. The van der Waals surface area contributed by atoms with E-state index < -0.39 is 11.6 Å². The van der Waals surface area contributed by atoms with Crippen molar-refractivity contribution in [3.63, 3.8) is 0 Å². The molecular formula is C16H11ClF2N4. The summed E-state index contributed by atoms with van der Waals surface area (Å²) in [7, 11) is 0. The van der Waals surface area contributed by atoms with E-state index in [9.17, 15) is 8.78 Å². The minimum absolute atomic E-state index is 0.124. The molecule has 23 heavy (non-hydrogen) atoms. The highest BCUT2D eigenvalue weighted by Gasteiger charge is 2.06. The highest BCUT2D eigenvalue weighted by molar-refractivity contribution is 6.30. The fourth-order valence-corrected chi connectivity index (χ4v) is 2.13. The van der Waals surface area contributed by atoms with Gasteiger partial charge >= 0.3 is 0 Å². The molecule has 4 nitrogen and oxygen atoms in total. The Morgan fingerprint density at radius 1 is 0.870 bits per heavy atom. The molecule has 0 saturated heterocycles. The summed E-state index contributed by atoms with van der Waals surface area (Å²) >= 11 is 5.92. The number of anilines is 4. The van der Waals surface area contributed by atoms with Gasteiger partial charge in [0.05, 0.1) is 5.69 Å². The monoisotopic (exact) mass is 332 g/mol. The van der Waals surface area contributed by atoms with Crippen LogP contribution in [0.4, 0.5) is 31.8 Å². The van der Waals surface area contributed by atoms with Gasteiger partial charge in [-0.1, -0.05) is 17.7 Å². The summed E-state index contributed by atoms with van der Waals surface area (Å²) in [6, 6.07) is 12.0. The van der Waals surface area contributed by atoms with Gasteiger partial charge in [0.1, 0.15) is 29.6 Å². The summed E-state index contributed by atoms with van der Waals surface area (Å²) < 4.78 is 26.6. The summed E-state index contributed by atoms with van der Waals surface area (Å²) in [5.74, 6) is -0.464. The molecule has 0 spiro atoms. The maximum absolute atomic E-state index is 13.7. The second-order valence-electron chi connectivity index (χ2n) is 4.67. The van der Waals surface area contributed by atoms with Gasteiger partial charge in [0.2, 0.25) is 0 Å². The molecule has 0 aliphatic heterocycles. The fraction of sp³-hybridized carbons (Fsp3) is 0. The fourth-order valence-electron chi connectivity index (χ4n) is 1.94. The van der Waals surface area contributed by atoms with E-state index in [2.05, 4.69) is 20.6 Å². The number of nitrogens with one attached hydrogen (secondary N) is 2. The van der Waals surface area contributed by atoms with Crippen molar-refractivity contribution in [3.05, 3.63) is 71.5 Å². The Balaban J connectivity index is 1.79. The van der Waals surface area contributed by atoms with Gasteiger partial charge in [-0.15, -0.1) is 0 Å². The molecule has 3 rings (SSSR count). The smallest absolute Gasteiger partial charge is 0.149 e. The number of halogens is 3. The third kappa shape index (κ3) is 3.92. The molecule has 0 radical (unpaired) electrons. The average Bonchev–Trinajstić information content (AvgIpc) is 2.51. The van der Waals surface area contributed by atoms with Crippen LogP contribution in [0.3, 0.4) is 0 Å². The second kappa shape index (κ2) is 6.58. The highest BCUT2D eigenvalue weighted by Crippen LogP contribution is 2.23. The molecule has 0 amide bonds. The van der Waals surface area contributed by atoms with Gasteiger partial charge in [-0.2, -0.15) is 0 Å². The van der Waals surface area contributed by atoms with Crippen molar-refractivity contribution >= 4 is 34.6 Å². The lowest BCUT2D eigenvalue weighted by Crippen LogP contribution is -2.00. The summed E-state index contributed by atoms with van der Waals surface area (Å²) in [5.41, 5.74) is 0.883. The van der Waals surface area contributed by atoms with E-state index in [4.69, 9.17) is 11.6 Å². The van der Waals surface area contributed by atoms with Crippen LogP contribution in [0.15, 0.2) is 54.9 Å². The molecule has 0 bridgehead atoms. The molecule has 2 N–H and O–H groups in total. The van der Waals surface area contributed by atoms with Crippen molar-refractivity contribution in [3.8, 4) is 0 Å². The first-order chi connectivity index (χ1) is 11.1. The van der Waals surface area contributed by atoms with E-state index in [0.29, 0.717) is 16.7 Å². The van der Waals surface area contributed by atoms with E-state index in [-0.39, 0.29) is 5.69 Å². The molecule has 2 aromatic carbocycles. The molecule has 3 aromatic rings. The van der Waals surface area contributed by atoms with Crippen LogP contribution in [0.1, 0.15) is 0 Å². The van der Waals surface area contributed by atoms with Gasteiger partial charge in [-0.25, -0.2) is 18.7 Å². The van der Waals surface area contributed by atoms with Gasteiger partial charge in [0, 0.05) is 22.8 Å². The first-order valence-electron chi connectivity index (χ1n) is 6.67. The van der Waals surface area contributed by atoms with E-state index >= 15 is 0 Å². The zero-order valence-electron chi connectivity index (χ0n) is 11.7. The van der Waals surface area contributed by atoms with E-state index in [1.54, 1.807) is 24.3 Å². The predicted molar refractivity (Wildman–Crippen MR) is 86.4 cm³/mol. The van der Waals surface area contributed by atoms with Crippen molar-refractivity contribution in [2.24, 2.45) is 0 Å². The standard InChI is InChI=1S/C16H11ClF2N4/c17-10-2-1-3-12(6-10)22-15-8-16(21-9-20-15)23-14-5-4-11(18)7-13(14)19/h1-9H,(H2,20,21,22,23). The third-order valence-corrected chi connectivity index (χ3v) is 3.19. The van der Waals surface area contributed by atoms with Crippen LogP contribution in [0, 0.1) is 11.6 Å². The summed E-state index contributed by atoms with van der Waals surface area (Å²) in [4.78, 5) is 8.09. The van der Waals surface area contributed by atoms with Crippen LogP contribution in [0.25, 0.3) is 0 Å². The molecule has 1 aromatic heterocycles. The lowest BCUT2D eigenvalue weighted by Gasteiger charge is -2.09. The lowest BCUT2D eigenvalue weighted by atomic mass is 10.3. The van der Waals surface area contributed by atoms with Crippen molar-refractivity contribution < 1.29 is 8.78 Å². The van der Waals surface area contributed by atoms with Crippen LogP contribution in [0.2, 0.25) is 5.02 Å². The van der Waals surface area contributed by atoms with Gasteiger partial charge < -0.3 is 10.6 Å². The first kappa shape index (κ1) is 15.2. The molecule has 0 atom stereocenters. The second-order valence-corrected chi connectivity index (χ2v) is 5.11. The minimum Gasteiger partial charge on any atom is -0.340 e. The normalized spacial score (nSPS) is 10.4. The number of benzene rings is 2. The van der Waals surface area contributed by atoms with E-state index in [1.807, 2.05) is 6.07 Å². The molecule has 0 aliphatic carbocycles. The Bertz CT molecular complexity index is 842. The highest BCUT2D eigenvalue weighted by atomic mass is 35.5.